The summed E-state index contributed by atoms with van der Waals surface area (Å²) >= 11 is 0. The molecule has 2 aromatic carbocycles. The Labute approximate surface area is 195 Å². The molecule has 0 heterocycles. The summed E-state index contributed by atoms with van der Waals surface area (Å²) in [6, 6.07) is 14.6. The van der Waals surface area contributed by atoms with E-state index in [1.807, 2.05) is 13.0 Å². The van der Waals surface area contributed by atoms with Gasteiger partial charge < -0.3 is 10.6 Å². The third kappa shape index (κ3) is 6.94. The van der Waals surface area contributed by atoms with E-state index < -0.39 is 15.7 Å². The SMILES string of the molecule is CCNC(=NCc1cc(F)ccc1CS(C)(=O)=O)NCC1(c2ccccc2)CC1.I. The van der Waals surface area contributed by atoms with Crippen LogP contribution >= 0.6 is 24.0 Å². The minimum atomic E-state index is -3.22. The van der Waals surface area contributed by atoms with Crippen LogP contribution in [0.1, 0.15) is 36.5 Å². The molecule has 0 aliphatic heterocycles. The maximum atomic E-state index is 13.7. The van der Waals surface area contributed by atoms with E-state index in [9.17, 15) is 12.8 Å². The average molecular weight is 545 g/mol. The Morgan fingerprint density at radius 3 is 2.40 bits per heavy atom. The Kier molecular flexibility index (Phi) is 8.66. The number of halogens is 2. The molecule has 1 fully saturated rings. The van der Waals surface area contributed by atoms with Gasteiger partial charge in [0.1, 0.15) is 5.82 Å². The van der Waals surface area contributed by atoms with Crippen LogP contribution in [0.2, 0.25) is 0 Å². The number of hydrogen-bond donors (Lipinski definition) is 2. The summed E-state index contributed by atoms with van der Waals surface area (Å²) in [5, 5.41) is 6.62. The van der Waals surface area contributed by atoms with E-state index in [0.29, 0.717) is 23.6 Å². The zero-order valence-corrected chi connectivity index (χ0v) is 20.5. The molecule has 2 N–H and O–H groups in total. The van der Waals surface area contributed by atoms with Crippen LogP contribution in [0.15, 0.2) is 53.5 Å². The predicted molar refractivity (Wildman–Crippen MR) is 131 cm³/mol. The maximum absolute atomic E-state index is 13.7. The van der Waals surface area contributed by atoms with E-state index in [1.54, 1.807) is 0 Å². The van der Waals surface area contributed by atoms with Gasteiger partial charge in [-0.15, -0.1) is 24.0 Å². The quantitative estimate of drug-likeness (QED) is 0.301. The van der Waals surface area contributed by atoms with Gasteiger partial charge in [0.05, 0.1) is 12.3 Å². The van der Waals surface area contributed by atoms with Gasteiger partial charge in [-0.1, -0.05) is 36.4 Å². The van der Waals surface area contributed by atoms with Gasteiger partial charge in [-0.25, -0.2) is 17.8 Å². The monoisotopic (exact) mass is 545 g/mol. The largest absolute Gasteiger partial charge is 0.357 e. The molecule has 30 heavy (non-hydrogen) atoms. The van der Waals surface area contributed by atoms with Gasteiger partial charge in [-0.05, 0) is 48.6 Å². The molecule has 0 aromatic heterocycles. The topological polar surface area (TPSA) is 70.6 Å². The Balaban J connectivity index is 0.00000320. The number of nitrogens with zero attached hydrogens (tertiary/aromatic N) is 1. The van der Waals surface area contributed by atoms with Gasteiger partial charge in [0.15, 0.2) is 15.8 Å². The van der Waals surface area contributed by atoms with Crippen molar-refractivity contribution in [2.75, 3.05) is 19.3 Å². The molecule has 1 aliphatic carbocycles. The molecule has 0 atom stereocenters. The van der Waals surface area contributed by atoms with Crippen molar-refractivity contribution in [3.05, 3.63) is 71.0 Å². The minimum absolute atomic E-state index is 0. The van der Waals surface area contributed by atoms with Crippen molar-refractivity contribution >= 4 is 39.8 Å². The van der Waals surface area contributed by atoms with E-state index >= 15 is 0 Å². The van der Waals surface area contributed by atoms with Crippen LogP contribution in [0.3, 0.4) is 0 Å². The van der Waals surface area contributed by atoms with Crippen molar-refractivity contribution in [3.63, 3.8) is 0 Å². The first-order valence-corrected chi connectivity index (χ1v) is 11.9. The summed E-state index contributed by atoms with van der Waals surface area (Å²) in [5.41, 5.74) is 2.62. The molecule has 3 rings (SSSR count). The Hall–Kier alpha value is -1.68. The van der Waals surface area contributed by atoms with Crippen LogP contribution < -0.4 is 10.6 Å². The van der Waals surface area contributed by atoms with E-state index in [-0.39, 0.29) is 41.7 Å². The highest BCUT2D eigenvalue weighted by atomic mass is 127. The number of hydrogen-bond acceptors (Lipinski definition) is 3. The highest BCUT2D eigenvalue weighted by molar-refractivity contribution is 14.0. The second kappa shape index (κ2) is 10.6. The third-order valence-electron chi connectivity index (χ3n) is 5.17. The summed E-state index contributed by atoms with van der Waals surface area (Å²) in [6.07, 6.45) is 3.44. The standard InChI is InChI=1S/C22H28FN3O2S.HI/c1-3-24-21(26-16-22(11-12-22)19-7-5-4-6-8-19)25-14-18-13-20(23)10-9-17(18)15-29(2,27)28;/h4-10,13H,3,11-12,14-16H2,1-2H3,(H2,24,25,26);1H. The minimum Gasteiger partial charge on any atom is -0.357 e. The number of guanidine groups is 1. The van der Waals surface area contributed by atoms with Gasteiger partial charge in [0, 0.05) is 24.8 Å². The van der Waals surface area contributed by atoms with Gasteiger partial charge in [-0.2, -0.15) is 0 Å². The predicted octanol–water partition coefficient (Wildman–Crippen LogP) is 3.78. The fraction of sp³-hybridized carbons (Fsp3) is 0.409. The van der Waals surface area contributed by atoms with Crippen LogP contribution in [0.4, 0.5) is 4.39 Å². The summed E-state index contributed by atoms with van der Waals surface area (Å²) in [6.45, 7) is 3.65. The number of rotatable bonds is 8. The fourth-order valence-electron chi connectivity index (χ4n) is 3.43. The Morgan fingerprint density at radius 2 is 1.80 bits per heavy atom. The molecule has 0 unspecified atom stereocenters. The van der Waals surface area contributed by atoms with Crippen LogP contribution in [-0.4, -0.2) is 33.7 Å². The van der Waals surface area contributed by atoms with Crippen molar-refractivity contribution in [1.82, 2.24) is 10.6 Å². The van der Waals surface area contributed by atoms with E-state index in [4.69, 9.17) is 0 Å². The fourth-order valence-corrected chi connectivity index (χ4v) is 4.28. The highest BCUT2D eigenvalue weighted by Gasteiger charge is 2.43. The smallest absolute Gasteiger partial charge is 0.191 e. The number of nitrogens with one attached hydrogen (secondary N) is 2. The molecule has 2 aromatic rings. The lowest BCUT2D eigenvalue weighted by Crippen LogP contribution is -2.41. The summed E-state index contributed by atoms with van der Waals surface area (Å²) in [4.78, 5) is 4.57. The number of aliphatic imine (C=N–C) groups is 1. The van der Waals surface area contributed by atoms with Crippen molar-refractivity contribution in [1.29, 1.82) is 0 Å². The van der Waals surface area contributed by atoms with Crippen LogP contribution in [0.5, 0.6) is 0 Å². The lowest BCUT2D eigenvalue weighted by atomic mass is 9.96. The number of benzene rings is 2. The lowest BCUT2D eigenvalue weighted by Gasteiger charge is -2.19. The van der Waals surface area contributed by atoms with Crippen molar-refractivity contribution in [2.45, 2.75) is 37.5 Å². The first kappa shape index (κ1) is 24.6. The zero-order valence-electron chi connectivity index (χ0n) is 17.3. The van der Waals surface area contributed by atoms with Gasteiger partial charge in [0.2, 0.25) is 0 Å². The molecule has 164 valence electrons. The molecule has 0 radical (unpaired) electrons. The third-order valence-corrected chi connectivity index (χ3v) is 6.01. The van der Waals surface area contributed by atoms with Crippen molar-refractivity contribution < 1.29 is 12.8 Å². The summed E-state index contributed by atoms with van der Waals surface area (Å²) < 4.78 is 37.1. The molecule has 0 saturated heterocycles. The molecule has 8 heteroatoms. The first-order chi connectivity index (χ1) is 13.8. The van der Waals surface area contributed by atoms with E-state index in [2.05, 4.69) is 39.9 Å². The van der Waals surface area contributed by atoms with Gasteiger partial charge in [0.25, 0.3) is 0 Å². The van der Waals surface area contributed by atoms with Gasteiger partial charge in [-0.3, -0.25) is 0 Å². The van der Waals surface area contributed by atoms with Crippen LogP contribution in [-0.2, 0) is 27.5 Å². The van der Waals surface area contributed by atoms with Crippen molar-refractivity contribution in [2.24, 2.45) is 4.99 Å². The van der Waals surface area contributed by atoms with Crippen molar-refractivity contribution in [3.8, 4) is 0 Å². The van der Waals surface area contributed by atoms with Gasteiger partial charge >= 0.3 is 0 Å². The molecular formula is C22H29FIN3O2S. The normalized spacial score (nSPS) is 15.2. The van der Waals surface area contributed by atoms with Crippen LogP contribution in [0, 0.1) is 5.82 Å². The Morgan fingerprint density at radius 1 is 1.10 bits per heavy atom. The molecular weight excluding hydrogens is 516 g/mol. The van der Waals surface area contributed by atoms with Crippen LogP contribution in [0.25, 0.3) is 0 Å². The molecule has 0 bridgehead atoms. The summed E-state index contributed by atoms with van der Waals surface area (Å²) in [7, 11) is -3.22. The second-order valence-corrected chi connectivity index (χ2v) is 9.82. The van der Waals surface area contributed by atoms with E-state index in [1.165, 1.54) is 30.0 Å². The molecule has 0 amide bonds. The molecule has 0 spiro atoms. The Bertz CT molecular complexity index is 977. The average Bonchev–Trinajstić information content (AvgIpc) is 3.47. The zero-order chi connectivity index (χ0) is 20.9. The second-order valence-electron chi connectivity index (χ2n) is 7.68. The lowest BCUT2D eigenvalue weighted by molar-refractivity contribution is 0.600. The molecule has 5 nitrogen and oxygen atoms in total. The first-order valence-electron chi connectivity index (χ1n) is 9.84. The maximum Gasteiger partial charge on any atom is 0.191 e. The number of sulfone groups is 1. The summed E-state index contributed by atoms with van der Waals surface area (Å²) in [5.74, 6) is 0.120. The highest BCUT2D eigenvalue weighted by Crippen LogP contribution is 2.47. The molecule has 1 saturated carbocycles. The molecule has 1 aliphatic rings. The van der Waals surface area contributed by atoms with E-state index in [0.717, 1.165) is 19.4 Å².